The first-order chi connectivity index (χ1) is 17.1. The van der Waals surface area contributed by atoms with Gasteiger partial charge in [-0.3, -0.25) is 4.57 Å². The molecule has 2 aromatic carbocycles. The van der Waals surface area contributed by atoms with Crippen LogP contribution in [0.25, 0.3) is 11.2 Å². The van der Waals surface area contributed by atoms with Gasteiger partial charge in [-0.2, -0.15) is 0 Å². The molecule has 35 heavy (non-hydrogen) atoms. The molecule has 3 heterocycles. The van der Waals surface area contributed by atoms with Gasteiger partial charge in [-0.05, 0) is 23.3 Å². The summed E-state index contributed by atoms with van der Waals surface area (Å²) in [6.45, 7) is 0.0291. The van der Waals surface area contributed by atoms with Crippen molar-refractivity contribution in [2.24, 2.45) is 0 Å². The Morgan fingerprint density at radius 3 is 2.34 bits per heavy atom. The quantitative estimate of drug-likeness (QED) is 0.245. The average Bonchev–Trinajstić information content (AvgIpc) is 3.44. The third-order valence-electron chi connectivity index (χ3n) is 5.93. The minimum atomic E-state index is -1.23. The lowest BCUT2D eigenvalue weighted by Gasteiger charge is -2.16. The van der Waals surface area contributed by atoms with E-state index in [1.165, 1.54) is 17.2 Å². The standard InChI is InChI=1S/C24H25N5O5S/c30-10-15-6-2-4-8-18(15)35-17-7-3-1-5-14(17)9-25-22-19-23(27-12-26-22)29(13-28-19)24-21(33)20(32)16(11-31)34-24/h1-8,12-13,16,20-21,24,30-33H,9-11H2,(H,25,26,27)/t16-,20-,21-,24-/m1/s1. The van der Waals surface area contributed by atoms with Crippen molar-refractivity contribution in [1.29, 1.82) is 0 Å². The topological polar surface area (TPSA) is 146 Å². The molecule has 10 nitrogen and oxygen atoms in total. The van der Waals surface area contributed by atoms with Gasteiger partial charge >= 0.3 is 0 Å². The van der Waals surface area contributed by atoms with E-state index in [9.17, 15) is 20.4 Å². The van der Waals surface area contributed by atoms with Crippen molar-refractivity contribution in [2.45, 2.75) is 47.5 Å². The van der Waals surface area contributed by atoms with Crippen molar-refractivity contribution >= 4 is 28.7 Å². The lowest BCUT2D eigenvalue weighted by molar-refractivity contribution is -0.0511. The summed E-state index contributed by atoms with van der Waals surface area (Å²) in [5.74, 6) is 0.510. The number of rotatable bonds is 8. The fourth-order valence-electron chi connectivity index (χ4n) is 4.06. The molecule has 1 aliphatic heterocycles. The number of anilines is 1. The number of aliphatic hydroxyl groups is 4. The van der Waals surface area contributed by atoms with Crippen molar-refractivity contribution in [3.8, 4) is 0 Å². The SMILES string of the molecule is OCc1ccccc1Sc1ccccc1CNc1ncnc2c1ncn2[C@@H]1O[C@H](CO)[C@@H](O)[C@H]1O. The highest BCUT2D eigenvalue weighted by atomic mass is 32.2. The second kappa shape index (κ2) is 10.3. The highest BCUT2D eigenvalue weighted by Gasteiger charge is 2.44. The van der Waals surface area contributed by atoms with Crippen LogP contribution in [0, 0.1) is 0 Å². The minimum absolute atomic E-state index is 0.0271. The molecule has 0 radical (unpaired) electrons. The zero-order valence-electron chi connectivity index (χ0n) is 18.6. The smallest absolute Gasteiger partial charge is 0.167 e. The van der Waals surface area contributed by atoms with Crippen LogP contribution >= 0.6 is 11.8 Å². The first-order valence-corrected chi connectivity index (χ1v) is 11.9. The lowest BCUT2D eigenvalue weighted by atomic mass is 10.1. The molecule has 0 unspecified atom stereocenters. The normalized spacial score (nSPS) is 22.1. The lowest BCUT2D eigenvalue weighted by Crippen LogP contribution is -2.33. The van der Waals surface area contributed by atoms with E-state index in [1.54, 1.807) is 11.8 Å². The van der Waals surface area contributed by atoms with Crippen LogP contribution < -0.4 is 5.32 Å². The molecule has 1 aliphatic rings. The van der Waals surface area contributed by atoms with Gasteiger partial charge in [-0.15, -0.1) is 0 Å². The van der Waals surface area contributed by atoms with Gasteiger partial charge in [0, 0.05) is 16.3 Å². The van der Waals surface area contributed by atoms with Gasteiger partial charge in [0.15, 0.2) is 23.2 Å². The van der Waals surface area contributed by atoms with Crippen molar-refractivity contribution in [2.75, 3.05) is 11.9 Å². The van der Waals surface area contributed by atoms with Crippen LogP contribution in [0.4, 0.5) is 5.82 Å². The summed E-state index contributed by atoms with van der Waals surface area (Å²) in [4.78, 5) is 15.1. The molecule has 0 saturated carbocycles. The summed E-state index contributed by atoms with van der Waals surface area (Å²) < 4.78 is 7.15. The summed E-state index contributed by atoms with van der Waals surface area (Å²) in [6.07, 6.45) is -1.41. The number of aromatic nitrogens is 4. The molecule has 0 spiro atoms. The van der Waals surface area contributed by atoms with Crippen molar-refractivity contribution in [1.82, 2.24) is 19.5 Å². The van der Waals surface area contributed by atoms with E-state index in [0.29, 0.717) is 23.5 Å². The number of hydrogen-bond acceptors (Lipinski definition) is 10. The Kier molecular flexibility index (Phi) is 6.95. The van der Waals surface area contributed by atoms with Gasteiger partial charge in [0.1, 0.15) is 24.6 Å². The fourth-order valence-corrected chi connectivity index (χ4v) is 5.12. The summed E-state index contributed by atoms with van der Waals surface area (Å²) >= 11 is 1.59. The molecule has 1 saturated heterocycles. The average molecular weight is 496 g/mol. The number of fused-ring (bicyclic) bond motifs is 1. The molecule has 5 N–H and O–H groups in total. The van der Waals surface area contributed by atoms with Gasteiger partial charge in [-0.1, -0.05) is 48.2 Å². The Hall–Kier alpha value is -3.06. The first-order valence-electron chi connectivity index (χ1n) is 11.1. The second-order valence-electron chi connectivity index (χ2n) is 8.10. The molecule has 11 heteroatoms. The maximum Gasteiger partial charge on any atom is 0.167 e. The van der Waals surface area contributed by atoms with E-state index in [-0.39, 0.29) is 6.61 Å². The number of ether oxygens (including phenoxy) is 1. The second-order valence-corrected chi connectivity index (χ2v) is 9.19. The summed E-state index contributed by atoms with van der Waals surface area (Å²) in [5.41, 5.74) is 2.82. The van der Waals surface area contributed by atoms with Gasteiger partial charge < -0.3 is 30.5 Å². The summed E-state index contributed by atoms with van der Waals surface area (Å²) in [6, 6.07) is 15.7. The Labute approximate surface area is 205 Å². The van der Waals surface area contributed by atoms with Crippen LogP contribution in [-0.4, -0.2) is 64.9 Å². The molecule has 1 fully saturated rings. The number of aliphatic hydroxyl groups excluding tert-OH is 4. The van der Waals surface area contributed by atoms with E-state index < -0.39 is 31.1 Å². The van der Waals surface area contributed by atoms with Crippen molar-refractivity contribution in [3.63, 3.8) is 0 Å². The third kappa shape index (κ3) is 4.61. The Morgan fingerprint density at radius 2 is 1.63 bits per heavy atom. The van der Waals surface area contributed by atoms with E-state index >= 15 is 0 Å². The third-order valence-corrected chi connectivity index (χ3v) is 7.17. The molecule has 182 valence electrons. The molecular formula is C24H25N5O5S. The molecule has 0 aliphatic carbocycles. The fraction of sp³-hybridized carbons (Fsp3) is 0.292. The van der Waals surface area contributed by atoms with Gasteiger partial charge in [-0.25, -0.2) is 15.0 Å². The highest BCUT2D eigenvalue weighted by molar-refractivity contribution is 7.99. The largest absolute Gasteiger partial charge is 0.394 e. The van der Waals surface area contributed by atoms with Crippen LogP contribution in [0.15, 0.2) is 71.0 Å². The first kappa shape index (κ1) is 23.7. The Morgan fingerprint density at radius 1 is 0.914 bits per heavy atom. The minimum Gasteiger partial charge on any atom is -0.394 e. The highest BCUT2D eigenvalue weighted by Crippen LogP contribution is 2.34. The molecular weight excluding hydrogens is 470 g/mol. The van der Waals surface area contributed by atoms with Gasteiger partial charge in [0.05, 0.1) is 19.5 Å². The number of benzene rings is 2. The monoisotopic (exact) mass is 495 g/mol. The number of nitrogens with one attached hydrogen (secondary N) is 1. The molecule has 0 bridgehead atoms. The maximum absolute atomic E-state index is 10.4. The van der Waals surface area contributed by atoms with Gasteiger partial charge in [0.2, 0.25) is 0 Å². The van der Waals surface area contributed by atoms with E-state index in [2.05, 4.69) is 20.3 Å². The Bertz CT molecular complexity index is 1320. The van der Waals surface area contributed by atoms with E-state index in [0.717, 1.165) is 20.9 Å². The van der Waals surface area contributed by atoms with Crippen LogP contribution in [0.5, 0.6) is 0 Å². The van der Waals surface area contributed by atoms with Gasteiger partial charge in [0.25, 0.3) is 0 Å². The zero-order valence-corrected chi connectivity index (χ0v) is 19.4. The zero-order chi connectivity index (χ0) is 24.4. The number of nitrogens with zero attached hydrogens (tertiary/aromatic N) is 4. The summed E-state index contributed by atoms with van der Waals surface area (Å²) in [7, 11) is 0. The summed E-state index contributed by atoms with van der Waals surface area (Å²) in [5, 5.41) is 42.8. The van der Waals surface area contributed by atoms with E-state index in [4.69, 9.17) is 4.74 Å². The van der Waals surface area contributed by atoms with Crippen LogP contribution in [0.2, 0.25) is 0 Å². The van der Waals surface area contributed by atoms with Crippen LogP contribution in [0.1, 0.15) is 17.4 Å². The molecule has 5 rings (SSSR count). The number of hydrogen-bond donors (Lipinski definition) is 5. The Balaban J connectivity index is 1.38. The van der Waals surface area contributed by atoms with Crippen molar-refractivity contribution < 1.29 is 25.2 Å². The molecule has 0 amide bonds. The predicted octanol–water partition coefficient (Wildman–Crippen LogP) is 1.69. The predicted molar refractivity (Wildman–Crippen MR) is 129 cm³/mol. The number of imidazole rings is 1. The van der Waals surface area contributed by atoms with Crippen LogP contribution in [-0.2, 0) is 17.9 Å². The van der Waals surface area contributed by atoms with Crippen molar-refractivity contribution in [3.05, 3.63) is 72.3 Å². The van der Waals surface area contributed by atoms with Crippen LogP contribution in [0.3, 0.4) is 0 Å². The maximum atomic E-state index is 10.4. The molecule has 2 aromatic heterocycles. The molecule has 4 aromatic rings. The molecule has 4 atom stereocenters. The van der Waals surface area contributed by atoms with E-state index in [1.807, 2.05) is 48.5 Å².